The van der Waals surface area contributed by atoms with Gasteiger partial charge >= 0.3 is 51.4 Å². The zero-order valence-electron chi connectivity index (χ0n) is 10.0. The average molecular weight is 212 g/mol. The zero-order chi connectivity index (χ0) is 9.33. The van der Waals surface area contributed by atoms with Crippen LogP contribution < -0.4 is 51.4 Å². The van der Waals surface area contributed by atoms with Crippen molar-refractivity contribution >= 4 is 0 Å². The molecule has 78 valence electrons. The molecule has 0 aromatic carbocycles. The molecule has 0 N–H and O–H groups in total. The molecule has 0 aromatic heterocycles. The van der Waals surface area contributed by atoms with E-state index in [1.54, 1.807) is 6.92 Å². The van der Waals surface area contributed by atoms with Crippen LogP contribution in [-0.2, 0) is 0 Å². The summed E-state index contributed by atoms with van der Waals surface area (Å²) in [6.07, 6.45) is 5.38. The largest absolute Gasteiger partial charge is 1.00 e. The predicted molar refractivity (Wildman–Crippen MR) is 61.4 cm³/mol. The molecule has 0 atom stereocenters. The fourth-order valence-electron chi connectivity index (χ4n) is 1.21. The van der Waals surface area contributed by atoms with Crippen molar-refractivity contribution in [1.82, 2.24) is 0 Å². The second-order valence-corrected chi connectivity index (χ2v) is 3.27. The Kier molecular flexibility index (Phi) is 29.8. The summed E-state index contributed by atoms with van der Waals surface area (Å²) in [4.78, 5) is 0. The van der Waals surface area contributed by atoms with E-state index in [0.29, 0.717) is 5.41 Å². The average Bonchev–Trinajstić information content (AvgIpc) is 2.08. The Balaban J connectivity index is -0.0000000941. The van der Waals surface area contributed by atoms with Crippen LogP contribution in [0.3, 0.4) is 0 Å². The van der Waals surface area contributed by atoms with Crippen LogP contribution >= 0.6 is 0 Å². The molecular weight excluding hydrogens is 183 g/mol. The fourth-order valence-corrected chi connectivity index (χ4v) is 1.21. The van der Waals surface area contributed by atoms with Crippen molar-refractivity contribution in [3.8, 4) is 0 Å². The molecule has 0 spiro atoms. The predicted octanol–water partition coefficient (Wildman–Crippen LogP) is 2.09. The van der Waals surface area contributed by atoms with Gasteiger partial charge in [0.15, 0.2) is 0 Å². The molecule has 0 fully saturated rings. The third-order valence-corrected chi connectivity index (χ3v) is 2.56. The summed E-state index contributed by atoms with van der Waals surface area (Å²) in [5, 5.41) is 0. The molecule has 0 saturated carbocycles. The molecule has 0 unspecified atom stereocenters. The first kappa shape index (κ1) is 24.1. The minimum absolute atomic E-state index is 0. The molecule has 0 aliphatic carbocycles. The third kappa shape index (κ3) is 13.6. The first-order valence-electron chi connectivity index (χ1n) is 4.89. The molecule has 0 bridgehead atoms. The van der Waals surface area contributed by atoms with Crippen molar-refractivity contribution in [3.05, 3.63) is 6.92 Å². The maximum atomic E-state index is 3.25. The van der Waals surface area contributed by atoms with Crippen LogP contribution in [-0.4, -0.2) is 0 Å². The van der Waals surface area contributed by atoms with Gasteiger partial charge in [0.25, 0.3) is 0 Å². The second kappa shape index (κ2) is 16.1. The van der Waals surface area contributed by atoms with Gasteiger partial charge < -0.3 is 6.92 Å². The van der Waals surface area contributed by atoms with Gasteiger partial charge in [-0.25, -0.2) is 0 Å². The Bertz CT molecular complexity index is 65.5. The Morgan fingerprint density at radius 2 is 1.31 bits per heavy atom. The summed E-state index contributed by atoms with van der Waals surface area (Å²) in [5.41, 5.74) is 0.634. The second-order valence-electron chi connectivity index (χ2n) is 3.27. The summed E-state index contributed by atoms with van der Waals surface area (Å²) in [7, 11) is 0. The van der Waals surface area contributed by atoms with E-state index < -0.39 is 0 Å². The monoisotopic (exact) mass is 212 g/mol. The van der Waals surface area contributed by atoms with Gasteiger partial charge in [-0.05, 0) is 11.8 Å². The number of rotatable bonds is 4. The molecular formula is C12H29K. The van der Waals surface area contributed by atoms with Crippen LogP contribution in [0.15, 0.2) is 0 Å². The Labute approximate surface area is 130 Å². The van der Waals surface area contributed by atoms with Crippen LogP contribution in [0.2, 0.25) is 0 Å². The normalized spacial score (nSPS) is 8.77. The van der Waals surface area contributed by atoms with Gasteiger partial charge in [0.1, 0.15) is 0 Å². The first-order valence-corrected chi connectivity index (χ1v) is 4.89. The summed E-state index contributed by atoms with van der Waals surface area (Å²) in [6, 6.07) is 0. The van der Waals surface area contributed by atoms with Crippen molar-refractivity contribution in [1.29, 1.82) is 0 Å². The molecule has 0 amide bonds. The fraction of sp³-hybridized carbons (Fsp3) is 0.917. The van der Waals surface area contributed by atoms with E-state index in [2.05, 4.69) is 34.6 Å². The molecule has 0 nitrogen and oxygen atoms in total. The third-order valence-electron chi connectivity index (χ3n) is 2.56. The van der Waals surface area contributed by atoms with E-state index in [1.807, 2.05) is 0 Å². The molecule has 13 heavy (non-hydrogen) atoms. The molecule has 1 heteroatoms. The van der Waals surface area contributed by atoms with Gasteiger partial charge in [0.2, 0.25) is 0 Å². The molecule has 0 heterocycles. The van der Waals surface area contributed by atoms with E-state index in [9.17, 15) is 0 Å². The van der Waals surface area contributed by atoms with Crippen LogP contribution in [0.25, 0.3) is 0 Å². The van der Waals surface area contributed by atoms with Crippen molar-refractivity contribution < 1.29 is 51.4 Å². The Morgan fingerprint density at radius 3 is 1.38 bits per heavy atom. The Morgan fingerprint density at radius 1 is 1.00 bits per heavy atom. The molecule has 0 aliphatic rings. The zero-order valence-corrected chi connectivity index (χ0v) is 13.2. The smallest absolute Gasteiger partial charge is 0.346 e. The maximum Gasteiger partial charge on any atom is 1.00 e. The van der Waals surface area contributed by atoms with Gasteiger partial charge in [0, 0.05) is 0 Å². The van der Waals surface area contributed by atoms with E-state index in [-0.39, 0.29) is 58.8 Å². The molecule has 0 radical (unpaired) electrons. The topological polar surface area (TPSA) is 0 Å². The quantitative estimate of drug-likeness (QED) is 0.494. The van der Waals surface area contributed by atoms with Crippen molar-refractivity contribution in [2.75, 3.05) is 0 Å². The van der Waals surface area contributed by atoms with E-state index in [1.165, 1.54) is 25.7 Å². The van der Waals surface area contributed by atoms with Crippen molar-refractivity contribution in [2.24, 2.45) is 5.41 Å². The van der Waals surface area contributed by atoms with E-state index >= 15 is 0 Å². The van der Waals surface area contributed by atoms with Gasteiger partial charge in [-0.3, -0.25) is 0 Å². The molecule has 0 aromatic rings. The number of hydrogen-bond acceptors (Lipinski definition) is 0. The van der Waals surface area contributed by atoms with Crippen molar-refractivity contribution in [3.63, 3.8) is 0 Å². The molecule has 0 aliphatic heterocycles. The van der Waals surface area contributed by atoms with E-state index in [4.69, 9.17) is 0 Å². The van der Waals surface area contributed by atoms with Crippen LogP contribution in [0, 0.1) is 12.3 Å². The first-order chi connectivity index (χ1) is 5.18. The summed E-state index contributed by atoms with van der Waals surface area (Å²) in [6.45, 7) is 14.2. The Hall–Kier alpha value is 1.64. The van der Waals surface area contributed by atoms with Crippen LogP contribution in [0.4, 0.5) is 0 Å². The van der Waals surface area contributed by atoms with E-state index in [0.717, 1.165) is 0 Å². The standard InChI is InChI=1S/C9H20.C2H5.CH4.K/c1-5-8-9(4,6-2)7-3;1-2;;/h5-8H2,1-4H3;1H2,2H3;1H4;/q;-1;;+1. The van der Waals surface area contributed by atoms with Crippen LogP contribution in [0.1, 0.15) is 67.7 Å². The van der Waals surface area contributed by atoms with Gasteiger partial charge in [-0.1, -0.05) is 54.4 Å². The summed E-state index contributed by atoms with van der Waals surface area (Å²) < 4.78 is 0. The van der Waals surface area contributed by atoms with Gasteiger partial charge in [-0.2, -0.15) is 6.92 Å². The summed E-state index contributed by atoms with van der Waals surface area (Å²) >= 11 is 0. The number of hydrogen-bond donors (Lipinski definition) is 0. The van der Waals surface area contributed by atoms with Gasteiger partial charge in [-0.15, -0.1) is 0 Å². The summed E-state index contributed by atoms with van der Waals surface area (Å²) in [5.74, 6) is 0. The minimum Gasteiger partial charge on any atom is -0.346 e. The molecule has 0 rings (SSSR count). The molecule has 0 saturated heterocycles. The van der Waals surface area contributed by atoms with Crippen LogP contribution in [0.5, 0.6) is 0 Å². The van der Waals surface area contributed by atoms with Gasteiger partial charge in [0.05, 0.1) is 0 Å². The maximum absolute atomic E-state index is 3.25. The minimum atomic E-state index is 0. The SMILES string of the molecule is C.CCCC(C)(CC)CC.[CH2-]C.[K+]. The van der Waals surface area contributed by atoms with Crippen molar-refractivity contribution in [2.45, 2.75) is 67.7 Å².